The Hall–Kier alpha value is -3.36. The lowest BCUT2D eigenvalue weighted by molar-refractivity contribution is -0.133. The first-order valence-electron chi connectivity index (χ1n) is 12.3. The molecule has 15 heteroatoms. The third-order valence-electron chi connectivity index (χ3n) is 6.77. The molecule has 2 atom stereocenters. The van der Waals surface area contributed by atoms with E-state index < -0.39 is 66.2 Å². The molecule has 1 saturated heterocycles. The van der Waals surface area contributed by atoms with E-state index in [4.69, 9.17) is 11.6 Å². The Labute approximate surface area is 257 Å². The van der Waals surface area contributed by atoms with E-state index >= 15 is 0 Å². The van der Waals surface area contributed by atoms with Crippen molar-refractivity contribution >= 4 is 67.9 Å². The number of anilines is 2. The molecule has 224 valence electrons. The summed E-state index contributed by atoms with van der Waals surface area (Å²) in [6.07, 6.45) is 1.49. The molecule has 1 aliphatic carbocycles. The Balaban J connectivity index is 0.00000242. The molecule has 2 fully saturated rings. The van der Waals surface area contributed by atoms with Crippen LogP contribution in [0.3, 0.4) is 0 Å². The van der Waals surface area contributed by atoms with Crippen molar-refractivity contribution in [3.05, 3.63) is 83.1 Å². The number of nitrogens with one attached hydrogen (secondary N) is 1. The first kappa shape index (κ1) is 33.1. The summed E-state index contributed by atoms with van der Waals surface area (Å²) in [5.74, 6) is -7.30. The third-order valence-corrected chi connectivity index (χ3v) is 7.11. The van der Waals surface area contributed by atoms with E-state index in [9.17, 15) is 31.9 Å². The van der Waals surface area contributed by atoms with Gasteiger partial charge in [-0.15, -0.1) is 0 Å². The highest BCUT2D eigenvalue weighted by atomic mass is 35.5. The standard InChI is InChI=1S/C27H22ClF4N5O3.2H2S/c28-20-5-2-1-4-19(20)23(24(39)35-17-13-27(31,32)14-17)36(18-11-15(29)10-16(30)12-18)25(40)21-6-7-22(38)37(21)26-33-8-3-9-34-26;;/h1-5,8-12,17,21,23H,6-7,13-14H2,(H,35,39);2*1H2/t21-,23-;;/m0../s1. The number of alkyl halides is 2. The molecule has 3 aromatic rings. The minimum atomic E-state index is -2.95. The summed E-state index contributed by atoms with van der Waals surface area (Å²) in [5, 5.41) is 2.55. The van der Waals surface area contributed by atoms with Gasteiger partial charge in [0.2, 0.25) is 17.8 Å². The van der Waals surface area contributed by atoms with Gasteiger partial charge in [-0.2, -0.15) is 27.0 Å². The molecule has 1 N–H and O–H groups in total. The first-order valence-corrected chi connectivity index (χ1v) is 12.7. The summed E-state index contributed by atoms with van der Waals surface area (Å²) in [6.45, 7) is 0. The minimum Gasteiger partial charge on any atom is -0.351 e. The van der Waals surface area contributed by atoms with Gasteiger partial charge in [0, 0.05) is 54.4 Å². The number of halogens is 5. The summed E-state index contributed by atoms with van der Waals surface area (Å²) in [4.78, 5) is 50.9. The lowest BCUT2D eigenvalue weighted by atomic mass is 9.87. The lowest BCUT2D eigenvalue weighted by Crippen LogP contribution is -2.56. The van der Waals surface area contributed by atoms with E-state index in [0.717, 1.165) is 21.9 Å². The largest absolute Gasteiger partial charge is 0.351 e. The van der Waals surface area contributed by atoms with E-state index in [2.05, 4.69) is 15.3 Å². The third kappa shape index (κ3) is 6.81. The van der Waals surface area contributed by atoms with E-state index in [1.807, 2.05) is 0 Å². The zero-order valence-corrected chi connectivity index (χ0v) is 24.5. The maximum Gasteiger partial charge on any atom is 0.252 e. The molecular formula is C27H26ClF4N5O3S2. The van der Waals surface area contributed by atoms with Gasteiger partial charge in [-0.25, -0.2) is 27.5 Å². The van der Waals surface area contributed by atoms with Crippen LogP contribution >= 0.6 is 38.6 Å². The van der Waals surface area contributed by atoms with Crippen molar-refractivity contribution in [3.63, 3.8) is 0 Å². The predicted molar refractivity (Wildman–Crippen MR) is 157 cm³/mol. The Morgan fingerprint density at radius 3 is 2.24 bits per heavy atom. The normalized spacial score (nSPS) is 18.3. The molecule has 2 aliphatic rings. The number of hydrogen-bond acceptors (Lipinski definition) is 5. The van der Waals surface area contributed by atoms with Gasteiger partial charge in [-0.3, -0.25) is 24.2 Å². The fraction of sp³-hybridized carbons (Fsp3) is 0.296. The number of benzene rings is 2. The van der Waals surface area contributed by atoms with Crippen LogP contribution < -0.4 is 15.1 Å². The maximum atomic E-state index is 14.5. The summed E-state index contributed by atoms with van der Waals surface area (Å²) in [6, 6.07) is 6.06. The monoisotopic (exact) mass is 643 g/mol. The topological polar surface area (TPSA) is 95.5 Å². The van der Waals surface area contributed by atoms with E-state index in [1.165, 1.54) is 36.7 Å². The lowest BCUT2D eigenvalue weighted by Gasteiger charge is -2.39. The van der Waals surface area contributed by atoms with Gasteiger partial charge in [0.15, 0.2) is 0 Å². The number of aromatic nitrogens is 2. The van der Waals surface area contributed by atoms with Gasteiger partial charge >= 0.3 is 0 Å². The highest BCUT2D eigenvalue weighted by Gasteiger charge is 2.48. The Kier molecular flexibility index (Phi) is 10.5. The number of hydrogen-bond donors (Lipinski definition) is 1. The molecule has 0 unspecified atom stereocenters. The Morgan fingerprint density at radius 1 is 1.02 bits per heavy atom. The Morgan fingerprint density at radius 2 is 1.64 bits per heavy atom. The minimum absolute atomic E-state index is 0. The van der Waals surface area contributed by atoms with Crippen LogP contribution in [-0.4, -0.2) is 45.7 Å². The van der Waals surface area contributed by atoms with Crippen LogP contribution in [0.1, 0.15) is 37.3 Å². The molecule has 1 saturated carbocycles. The van der Waals surface area contributed by atoms with Gasteiger partial charge in [0.05, 0.1) is 5.69 Å². The van der Waals surface area contributed by atoms with Crippen LogP contribution in [0, 0.1) is 11.6 Å². The molecule has 0 spiro atoms. The predicted octanol–water partition coefficient (Wildman–Crippen LogP) is 4.82. The fourth-order valence-corrected chi connectivity index (χ4v) is 5.20. The molecule has 8 nitrogen and oxygen atoms in total. The van der Waals surface area contributed by atoms with Crippen molar-refractivity contribution in [1.29, 1.82) is 0 Å². The summed E-state index contributed by atoms with van der Waals surface area (Å²) < 4.78 is 56.0. The zero-order valence-electron chi connectivity index (χ0n) is 21.7. The number of carbonyl (C=O) groups is 3. The summed E-state index contributed by atoms with van der Waals surface area (Å²) in [7, 11) is 0. The van der Waals surface area contributed by atoms with Gasteiger partial charge < -0.3 is 5.32 Å². The average Bonchev–Trinajstić information content (AvgIpc) is 3.27. The SMILES string of the molecule is O=C(NC1CC(F)(F)C1)[C@H](c1ccccc1Cl)N(C(=O)[C@@H]1CCC(=O)N1c1ncccn1)c1cc(F)cc(F)c1.S.S. The molecule has 3 amide bonds. The van der Waals surface area contributed by atoms with Crippen molar-refractivity contribution in [2.75, 3.05) is 9.80 Å². The van der Waals surface area contributed by atoms with Crippen molar-refractivity contribution in [3.8, 4) is 0 Å². The molecule has 2 heterocycles. The van der Waals surface area contributed by atoms with Gasteiger partial charge in [-0.1, -0.05) is 29.8 Å². The molecular weight excluding hydrogens is 618 g/mol. The summed E-state index contributed by atoms with van der Waals surface area (Å²) in [5.41, 5.74) is -0.257. The van der Waals surface area contributed by atoms with Crippen molar-refractivity contribution in [2.24, 2.45) is 0 Å². The average molecular weight is 644 g/mol. The van der Waals surface area contributed by atoms with Gasteiger partial charge in [-0.05, 0) is 30.7 Å². The quantitative estimate of drug-likeness (QED) is 0.373. The van der Waals surface area contributed by atoms with E-state index in [-0.39, 0.29) is 62.1 Å². The number of amides is 3. The van der Waals surface area contributed by atoms with E-state index in [0.29, 0.717) is 6.07 Å². The zero-order chi connectivity index (χ0) is 28.6. The molecule has 0 radical (unpaired) electrons. The molecule has 1 aromatic heterocycles. The second-order valence-electron chi connectivity index (χ2n) is 9.60. The molecule has 42 heavy (non-hydrogen) atoms. The first-order chi connectivity index (χ1) is 19.0. The Bertz CT molecular complexity index is 1440. The molecule has 2 aromatic carbocycles. The van der Waals surface area contributed by atoms with Crippen LogP contribution in [0.5, 0.6) is 0 Å². The smallest absolute Gasteiger partial charge is 0.252 e. The maximum absolute atomic E-state index is 14.5. The van der Waals surface area contributed by atoms with Crippen LogP contribution in [-0.2, 0) is 14.4 Å². The van der Waals surface area contributed by atoms with Crippen LogP contribution in [0.15, 0.2) is 60.9 Å². The number of rotatable bonds is 7. The second-order valence-corrected chi connectivity index (χ2v) is 10.0. The van der Waals surface area contributed by atoms with Crippen molar-refractivity contribution in [1.82, 2.24) is 15.3 Å². The molecule has 5 rings (SSSR count). The summed E-state index contributed by atoms with van der Waals surface area (Å²) >= 11 is 6.43. The number of nitrogens with zero attached hydrogens (tertiary/aromatic N) is 4. The molecule has 1 aliphatic heterocycles. The fourth-order valence-electron chi connectivity index (χ4n) is 4.96. The van der Waals surface area contributed by atoms with Crippen molar-refractivity contribution in [2.45, 2.75) is 49.7 Å². The van der Waals surface area contributed by atoms with E-state index in [1.54, 1.807) is 6.07 Å². The molecule has 0 bridgehead atoms. The van der Waals surface area contributed by atoms with Gasteiger partial charge in [0.1, 0.15) is 23.7 Å². The highest BCUT2D eigenvalue weighted by Crippen LogP contribution is 2.39. The van der Waals surface area contributed by atoms with Crippen molar-refractivity contribution < 1.29 is 31.9 Å². The number of carbonyl (C=O) groups excluding carboxylic acids is 3. The van der Waals surface area contributed by atoms with Gasteiger partial charge in [0.25, 0.3) is 11.8 Å². The second kappa shape index (κ2) is 13.3. The highest BCUT2D eigenvalue weighted by molar-refractivity contribution is 7.59. The van der Waals surface area contributed by atoms with Crippen LogP contribution in [0.2, 0.25) is 5.02 Å². The van der Waals surface area contributed by atoms with Crippen LogP contribution in [0.4, 0.5) is 29.2 Å². The van der Waals surface area contributed by atoms with Crippen LogP contribution in [0.25, 0.3) is 0 Å².